The van der Waals surface area contributed by atoms with Gasteiger partial charge in [0, 0.05) is 12.8 Å². The van der Waals surface area contributed by atoms with E-state index in [1.54, 1.807) is 0 Å². The first-order valence-electron chi connectivity index (χ1n) is 22.8. The predicted molar refractivity (Wildman–Crippen MR) is 240 cm³/mol. The van der Waals surface area contributed by atoms with E-state index < -0.39 is 32.5 Å². The lowest BCUT2D eigenvalue weighted by atomic mass is 10.1. The van der Waals surface area contributed by atoms with E-state index >= 15 is 0 Å². The lowest BCUT2D eigenvalue weighted by Gasteiger charge is -2.28. The van der Waals surface area contributed by atoms with Crippen molar-refractivity contribution in [2.24, 2.45) is 0 Å². The summed E-state index contributed by atoms with van der Waals surface area (Å²) < 4.78 is 39.5. The van der Waals surface area contributed by atoms with Crippen LogP contribution in [0.2, 0.25) is 0 Å². The second-order valence-corrected chi connectivity index (χ2v) is 17.8. The van der Waals surface area contributed by atoms with E-state index in [2.05, 4.69) is 74.6 Å². The zero-order chi connectivity index (χ0) is 43.3. The molecule has 1 aliphatic heterocycles. The Labute approximate surface area is 359 Å². The molecule has 338 valence electrons. The number of esters is 2. The number of epoxide rings is 1. The second kappa shape index (κ2) is 36.1. The molecule has 0 saturated carbocycles. The third kappa shape index (κ3) is 36.9. The summed E-state index contributed by atoms with van der Waals surface area (Å²) >= 11 is 0. The molecule has 0 aromatic heterocycles. The van der Waals surface area contributed by atoms with Gasteiger partial charge in [-0.3, -0.25) is 14.2 Å². The van der Waals surface area contributed by atoms with E-state index in [9.17, 15) is 19.0 Å². The fourth-order valence-electron chi connectivity index (χ4n) is 5.95. The van der Waals surface area contributed by atoms with Crippen LogP contribution in [0.25, 0.3) is 0 Å². The average Bonchev–Trinajstić information content (AvgIpc) is 3.94. The zero-order valence-electron chi connectivity index (χ0n) is 37.6. The molecule has 1 heterocycles. The van der Waals surface area contributed by atoms with Crippen LogP contribution in [0.1, 0.15) is 155 Å². The number of nitrogens with zero attached hydrogens (tertiary/aromatic N) is 1. The van der Waals surface area contributed by atoms with Crippen molar-refractivity contribution in [3.8, 4) is 0 Å². The molecule has 1 fully saturated rings. The van der Waals surface area contributed by atoms with Gasteiger partial charge in [0.25, 0.3) is 7.82 Å². The number of unbranched alkanes of at least 4 members (excludes halogenated alkanes) is 11. The zero-order valence-corrected chi connectivity index (χ0v) is 38.5. The van der Waals surface area contributed by atoms with Gasteiger partial charge >= 0.3 is 11.9 Å². The van der Waals surface area contributed by atoms with E-state index in [0.717, 1.165) is 70.6 Å². The quantitative estimate of drug-likeness (QED) is 0.0148. The van der Waals surface area contributed by atoms with Crippen LogP contribution in [-0.2, 0) is 37.4 Å². The molecule has 11 heteroatoms. The Morgan fingerprint density at radius 1 is 0.627 bits per heavy atom. The number of carbonyl (C=O) groups excluding carboxylic acids is 2. The lowest BCUT2D eigenvalue weighted by molar-refractivity contribution is -0.870. The maximum atomic E-state index is 12.7. The summed E-state index contributed by atoms with van der Waals surface area (Å²) in [7, 11) is 1.10. The topological polar surface area (TPSA) is 124 Å². The molecule has 0 radical (unpaired) electrons. The van der Waals surface area contributed by atoms with Gasteiger partial charge in [-0.1, -0.05) is 138 Å². The van der Waals surface area contributed by atoms with Crippen LogP contribution in [0.5, 0.6) is 0 Å². The highest BCUT2D eigenvalue weighted by Crippen LogP contribution is 2.38. The Kier molecular flexibility index (Phi) is 33.3. The van der Waals surface area contributed by atoms with Gasteiger partial charge in [-0.05, 0) is 77.0 Å². The number of quaternary nitrogens is 1. The highest BCUT2D eigenvalue weighted by atomic mass is 31.2. The van der Waals surface area contributed by atoms with Crippen molar-refractivity contribution in [2.75, 3.05) is 47.5 Å². The molecular formula is C48H82NO9P. The summed E-state index contributed by atoms with van der Waals surface area (Å²) in [5.41, 5.74) is 0. The Bertz CT molecular complexity index is 1300. The van der Waals surface area contributed by atoms with E-state index in [4.69, 9.17) is 23.3 Å². The molecule has 10 nitrogen and oxygen atoms in total. The molecule has 1 rings (SSSR count). The van der Waals surface area contributed by atoms with Gasteiger partial charge in [0.2, 0.25) is 0 Å². The number of ether oxygens (including phenoxy) is 3. The van der Waals surface area contributed by atoms with E-state index in [0.29, 0.717) is 36.1 Å². The first kappa shape index (κ1) is 54.4. The minimum absolute atomic E-state index is 0.0510. The number of carbonyl (C=O) groups is 2. The summed E-state index contributed by atoms with van der Waals surface area (Å²) in [4.78, 5) is 37.5. The second-order valence-electron chi connectivity index (χ2n) is 16.4. The Morgan fingerprint density at radius 2 is 1.15 bits per heavy atom. The Hall–Kier alpha value is -2.59. The molecular weight excluding hydrogens is 766 g/mol. The van der Waals surface area contributed by atoms with Gasteiger partial charge in [0.05, 0.1) is 40.0 Å². The monoisotopic (exact) mass is 848 g/mol. The van der Waals surface area contributed by atoms with Gasteiger partial charge in [0.15, 0.2) is 6.10 Å². The maximum absolute atomic E-state index is 12.7. The van der Waals surface area contributed by atoms with Crippen molar-refractivity contribution in [2.45, 2.75) is 173 Å². The van der Waals surface area contributed by atoms with E-state index in [-0.39, 0.29) is 26.1 Å². The molecule has 0 bridgehead atoms. The van der Waals surface area contributed by atoms with Gasteiger partial charge in [-0.2, -0.15) is 0 Å². The van der Waals surface area contributed by atoms with Crippen molar-refractivity contribution in [3.63, 3.8) is 0 Å². The van der Waals surface area contributed by atoms with E-state index in [1.165, 1.54) is 44.9 Å². The molecule has 4 atom stereocenters. The van der Waals surface area contributed by atoms with Crippen molar-refractivity contribution in [3.05, 3.63) is 72.9 Å². The number of phosphoric ester groups is 1. The summed E-state index contributed by atoms with van der Waals surface area (Å²) in [6.45, 7) is 3.99. The minimum Gasteiger partial charge on any atom is -0.756 e. The first-order chi connectivity index (χ1) is 28.5. The number of hydrogen-bond donors (Lipinski definition) is 0. The standard InChI is InChI=1S/C48H82NO9P/c1-6-8-10-11-12-13-14-15-16-17-21-24-27-30-34-38-47(50)54-42-44(43-56-59(52,53)55-41-40-49(3,4)5)57-48(51)39-35-31-28-25-22-19-18-20-23-26-29-33-37-46-45(58-46)36-32-9-7-2/h9,15-16,19-20,22-23,28-29,31-33,44-46H,6-8,10-14,17-18,21,24-27,30,34-43H2,1-5H3/b16-15-,22-19-,23-20-,31-28-,32-9-,33-29-/t44-,45?,46?/m1/s1. The van der Waals surface area contributed by atoms with Crippen LogP contribution in [0.3, 0.4) is 0 Å². The Balaban J connectivity index is 2.33. The fraction of sp³-hybridized carbons (Fsp3) is 0.708. The Morgan fingerprint density at radius 3 is 1.75 bits per heavy atom. The molecule has 3 unspecified atom stereocenters. The number of rotatable bonds is 39. The third-order valence-corrected chi connectivity index (χ3v) is 10.6. The molecule has 59 heavy (non-hydrogen) atoms. The molecule has 0 spiro atoms. The fourth-order valence-corrected chi connectivity index (χ4v) is 6.68. The van der Waals surface area contributed by atoms with Gasteiger partial charge in [-0.15, -0.1) is 0 Å². The summed E-state index contributed by atoms with van der Waals surface area (Å²) in [5.74, 6) is -0.952. The van der Waals surface area contributed by atoms with Crippen LogP contribution in [0.15, 0.2) is 72.9 Å². The molecule has 0 aromatic carbocycles. The smallest absolute Gasteiger partial charge is 0.306 e. The summed E-state index contributed by atoms with van der Waals surface area (Å²) in [5, 5.41) is 0. The maximum Gasteiger partial charge on any atom is 0.306 e. The van der Waals surface area contributed by atoms with Crippen molar-refractivity contribution in [1.82, 2.24) is 0 Å². The number of allylic oxidation sites excluding steroid dienone is 10. The molecule has 1 aliphatic rings. The van der Waals surface area contributed by atoms with Crippen LogP contribution < -0.4 is 4.89 Å². The lowest BCUT2D eigenvalue weighted by Crippen LogP contribution is -2.37. The van der Waals surface area contributed by atoms with Crippen molar-refractivity contribution >= 4 is 19.8 Å². The average molecular weight is 848 g/mol. The van der Waals surface area contributed by atoms with Gasteiger partial charge in [-0.25, -0.2) is 0 Å². The number of likely N-dealkylation sites (N-methyl/N-ethyl adjacent to an activating group) is 1. The highest BCUT2D eigenvalue weighted by Gasteiger charge is 2.36. The first-order valence-corrected chi connectivity index (χ1v) is 24.2. The van der Waals surface area contributed by atoms with Crippen LogP contribution in [0.4, 0.5) is 0 Å². The van der Waals surface area contributed by atoms with Gasteiger partial charge in [0.1, 0.15) is 19.8 Å². The number of phosphoric acid groups is 1. The van der Waals surface area contributed by atoms with Crippen LogP contribution >= 0.6 is 7.82 Å². The largest absolute Gasteiger partial charge is 0.756 e. The summed E-state index contributed by atoms with van der Waals surface area (Å²) in [6.07, 6.45) is 47.0. The van der Waals surface area contributed by atoms with E-state index in [1.807, 2.05) is 33.3 Å². The number of hydrogen-bond acceptors (Lipinski definition) is 9. The van der Waals surface area contributed by atoms with Crippen LogP contribution in [-0.4, -0.2) is 82.2 Å². The normalized spacial score (nSPS) is 17.7. The molecule has 0 aromatic rings. The summed E-state index contributed by atoms with van der Waals surface area (Å²) in [6, 6.07) is 0. The molecule has 1 saturated heterocycles. The molecule has 0 amide bonds. The van der Waals surface area contributed by atoms with Gasteiger partial charge < -0.3 is 32.6 Å². The third-order valence-electron chi connectivity index (χ3n) is 9.63. The van der Waals surface area contributed by atoms with Crippen molar-refractivity contribution < 1.29 is 46.8 Å². The molecule has 0 N–H and O–H groups in total. The highest BCUT2D eigenvalue weighted by molar-refractivity contribution is 7.45. The minimum atomic E-state index is -4.65. The SMILES string of the molecule is CC/C=C\CC1OC1C/C=C\C/C=C\C/C=C\C/C=C\CCC(=O)O[C@H](COC(=O)CCCCCCC/C=C\CCCCCCCC)COP(=O)([O-])OCC[N+](C)(C)C. The van der Waals surface area contributed by atoms with Crippen molar-refractivity contribution in [1.29, 1.82) is 0 Å². The van der Waals surface area contributed by atoms with Crippen LogP contribution in [0, 0.1) is 0 Å². The predicted octanol–water partition coefficient (Wildman–Crippen LogP) is 11.4. The molecule has 0 aliphatic carbocycles.